The lowest BCUT2D eigenvalue weighted by molar-refractivity contribution is 0.373. The second-order valence-electron chi connectivity index (χ2n) is 5.71. The predicted octanol–water partition coefficient (Wildman–Crippen LogP) is 6.73. The molecule has 0 nitrogen and oxygen atoms in total. The van der Waals surface area contributed by atoms with Gasteiger partial charge in [-0.1, -0.05) is 104 Å². The van der Waals surface area contributed by atoms with Crippen LogP contribution in [0.3, 0.4) is 0 Å². The first kappa shape index (κ1) is 17.0. The summed E-state index contributed by atoms with van der Waals surface area (Å²) < 4.78 is 0. The van der Waals surface area contributed by atoms with E-state index in [2.05, 4.69) is 20.8 Å². The quantitative estimate of drug-likeness (QED) is 0.313. The van der Waals surface area contributed by atoms with E-state index in [4.69, 9.17) is 0 Å². The largest absolute Gasteiger partial charge is 0.0654 e. The zero-order valence-corrected chi connectivity index (χ0v) is 12.8. The fraction of sp³-hybridized carbons (Fsp3) is 1.00. The highest BCUT2D eigenvalue weighted by atomic mass is 14.1. The van der Waals surface area contributed by atoms with E-state index in [1.165, 1.54) is 83.5 Å². The topological polar surface area (TPSA) is 0 Å². The van der Waals surface area contributed by atoms with Gasteiger partial charge in [-0.15, -0.1) is 0 Å². The molecule has 0 bridgehead atoms. The molecule has 0 aromatic carbocycles. The highest BCUT2D eigenvalue weighted by molar-refractivity contribution is 4.60. The summed E-state index contributed by atoms with van der Waals surface area (Å²) in [6.45, 7) is 6.94. The van der Waals surface area contributed by atoms with E-state index in [0.29, 0.717) is 0 Å². The third-order valence-electron chi connectivity index (χ3n) is 3.90. The van der Waals surface area contributed by atoms with Gasteiger partial charge in [0.05, 0.1) is 0 Å². The van der Waals surface area contributed by atoms with Gasteiger partial charge in [0, 0.05) is 0 Å². The van der Waals surface area contributed by atoms with Crippen LogP contribution in [0.2, 0.25) is 0 Å². The molecule has 0 amide bonds. The van der Waals surface area contributed by atoms with Gasteiger partial charge in [-0.3, -0.25) is 0 Å². The maximum Gasteiger partial charge on any atom is -0.0414 e. The van der Waals surface area contributed by atoms with Crippen LogP contribution in [-0.2, 0) is 0 Å². The first-order chi connectivity index (χ1) is 8.35. The number of rotatable bonds is 13. The summed E-state index contributed by atoms with van der Waals surface area (Å²) in [5, 5.41) is 0. The summed E-state index contributed by atoms with van der Waals surface area (Å²) in [7, 11) is 0. The van der Waals surface area contributed by atoms with Crippen molar-refractivity contribution in [2.45, 2.75) is 104 Å². The molecule has 0 aromatic rings. The molecule has 0 aliphatic carbocycles. The molecular weight excluding hydrogens is 204 g/mol. The van der Waals surface area contributed by atoms with Crippen molar-refractivity contribution in [3.63, 3.8) is 0 Å². The Morgan fingerprint density at radius 3 is 1.47 bits per heavy atom. The molecular formula is C17H36. The van der Waals surface area contributed by atoms with Crippen molar-refractivity contribution < 1.29 is 0 Å². The highest BCUT2D eigenvalue weighted by Gasteiger charge is 2.07. The van der Waals surface area contributed by atoms with Crippen LogP contribution in [0, 0.1) is 5.92 Å². The highest BCUT2D eigenvalue weighted by Crippen LogP contribution is 2.23. The minimum absolute atomic E-state index is 1.04. The molecule has 104 valence electrons. The standard InChI is InChI=1S/C17H36/c1-4-7-10-11-13-16-17(14-9-6-3)15-12-8-5-2/h17H,4-16H2,1-3H3. The third kappa shape index (κ3) is 12.2. The maximum atomic E-state index is 2.32. The van der Waals surface area contributed by atoms with Gasteiger partial charge in [-0.25, -0.2) is 0 Å². The minimum atomic E-state index is 1.04. The van der Waals surface area contributed by atoms with Crippen molar-refractivity contribution in [2.75, 3.05) is 0 Å². The van der Waals surface area contributed by atoms with Crippen LogP contribution in [0.15, 0.2) is 0 Å². The summed E-state index contributed by atoms with van der Waals surface area (Å²) in [6.07, 6.45) is 18.9. The molecule has 0 N–H and O–H groups in total. The van der Waals surface area contributed by atoms with Gasteiger partial charge < -0.3 is 0 Å². The van der Waals surface area contributed by atoms with Crippen LogP contribution >= 0.6 is 0 Å². The third-order valence-corrected chi connectivity index (χ3v) is 3.90. The molecule has 1 atom stereocenters. The van der Waals surface area contributed by atoms with Gasteiger partial charge in [0.15, 0.2) is 0 Å². The second kappa shape index (κ2) is 14.1. The first-order valence-electron chi connectivity index (χ1n) is 8.35. The summed E-state index contributed by atoms with van der Waals surface area (Å²) in [4.78, 5) is 0. The Balaban J connectivity index is 3.53. The van der Waals surface area contributed by atoms with E-state index in [0.717, 1.165) is 5.92 Å². The lowest BCUT2D eigenvalue weighted by Gasteiger charge is -2.16. The second-order valence-corrected chi connectivity index (χ2v) is 5.71. The van der Waals surface area contributed by atoms with Crippen LogP contribution in [-0.4, -0.2) is 0 Å². The van der Waals surface area contributed by atoms with Crippen LogP contribution in [0.5, 0.6) is 0 Å². The Bertz CT molecular complexity index is 128. The van der Waals surface area contributed by atoms with Gasteiger partial charge in [-0.2, -0.15) is 0 Å². The van der Waals surface area contributed by atoms with Crippen LogP contribution in [0.4, 0.5) is 0 Å². The van der Waals surface area contributed by atoms with Crippen LogP contribution in [0.1, 0.15) is 104 Å². The zero-order chi connectivity index (χ0) is 12.8. The molecule has 17 heavy (non-hydrogen) atoms. The van der Waals surface area contributed by atoms with Crippen molar-refractivity contribution in [3.05, 3.63) is 0 Å². The molecule has 0 saturated heterocycles. The molecule has 0 rings (SSSR count). The van der Waals surface area contributed by atoms with Crippen LogP contribution in [0.25, 0.3) is 0 Å². The molecule has 0 saturated carbocycles. The maximum absolute atomic E-state index is 2.32. The fourth-order valence-corrected chi connectivity index (χ4v) is 2.65. The SMILES string of the molecule is CCCCCCCC(CCCC)CCCCC. The molecule has 0 aromatic heterocycles. The Kier molecular flexibility index (Phi) is 14.1. The molecule has 0 heterocycles. The number of unbranched alkanes of at least 4 members (excludes halogenated alkanes) is 7. The van der Waals surface area contributed by atoms with E-state index in [-0.39, 0.29) is 0 Å². The normalized spacial score (nSPS) is 12.9. The number of hydrogen-bond acceptors (Lipinski definition) is 0. The molecule has 0 fully saturated rings. The van der Waals surface area contributed by atoms with E-state index in [9.17, 15) is 0 Å². The lowest BCUT2D eigenvalue weighted by atomic mass is 9.90. The van der Waals surface area contributed by atoms with Gasteiger partial charge in [-0.05, 0) is 5.92 Å². The van der Waals surface area contributed by atoms with Gasteiger partial charge >= 0.3 is 0 Å². The zero-order valence-electron chi connectivity index (χ0n) is 12.8. The predicted molar refractivity (Wildman–Crippen MR) is 80.5 cm³/mol. The van der Waals surface area contributed by atoms with Crippen molar-refractivity contribution in [1.29, 1.82) is 0 Å². The van der Waals surface area contributed by atoms with E-state index in [1.54, 1.807) is 0 Å². The molecule has 1 unspecified atom stereocenters. The van der Waals surface area contributed by atoms with Crippen molar-refractivity contribution >= 4 is 0 Å². The Labute approximate surface area is 111 Å². The van der Waals surface area contributed by atoms with Gasteiger partial charge in [0.2, 0.25) is 0 Å². The van der Waals surface area contributed by atoms with Crippen molar-refractivity contribution in [1.82, 2.24) is 0 Å². The number of hydrogen-bond donors (Lipinski definition) is 0. The van der Waals surface area contributed by atoms with Crippen LogP contribution < -0.4 is 0 Å². The van der Waals surface area contributed by atoms with E-state index < -0.39 is 0 Å². The molecule has 0 aliphatic heterocycles. The Hall–Kier alpha value is 0. The first-order valence-corrected chi connectivity index (χ1v) is 8.35. The van der Waals surface area contributed by atoms with E-state index >= 15 is 0 Å². The Morgan fingerprint density at radius 2 is 0.882 bits per heavy atom. The minimum Gasteiger partial charge on any atom is -0.0654 e. The molecule has 0 spiro atoms. The monoisotopic (exact) mass is 240 g/mol. The Morgan fingerprint density at radius 1 is 0.471 bits per heavy atom. The summed E-state index contributed by atoms with van der Waals surface area (Å²) in [6, 6.07) is 0. The van der Waals surface area contributed by atoms with E-state index in [1.807, 2.05) is 0 Å². The average Bonchev–Trinajstić information content (AvgIpc) is 2.35. The molecule has 0 radical (unpaired) electrons. The summed E-state index contributed by atoms with van der Waals surface area (Å²) in [5.74, 6) is 1.04. The van der Waals surface area contributed by atoms with Gasteiger partial charge in [0.25, 0.3) is 0 Å². The van der Waals surface area contributed by atoms with Crippen molar-refractivity contribution in [3.8, 4) is 0 Å². The fourth-order valence-electron chi connectivity index (χ4n) is 2.65. The molecule has 0 aliphatic rings. The van der Waals surface area contributed by atoms with Crippen molar-refractivity contribution in [2.24, 2.45) is 5.92 Å². The average molecular weight is 240 g/mol. The lowest BCUT2D eigenvalue weighted by Crippen LogP contribution is -2.01. The summed E-state index contributed by atoms with van der Waals surface area (Å²) in [5.41, 5.74) is 0. The van der Waals surface area contributed by atoms with Gasteiger partial charge in [0.1, 0.15) is 0 Å². The summed E-state index contributed by atoms with van der Waals surface area (Å²) >= 11 is 0. The molecule has 0 heteroatoms. The smallest absolute Gasteiger partial charge is 0.0414 e.